The highest BCUT2D eigenvalue weighted by molar-refractivity contribution is 7.07. The zero-order valence-corrected chi connectivity index (χ0v) is 13.4. The van der Waals surface area contributed by atoms with Crippen LogP contribution >= 0.6 is 11.3 Å². The third-order valence-electron chi connectivity index (χ3n) is 4.46. The molecule has 1 aromatic rings. The van der Waals surface area contributed by atoms with Gasteiger partial charge in [-0.1, -0.05) is 6.92 Å². The molecular weight excluding hydrogens is 252 g/mol. The van der Waals surface area contributed by atoms with Crippen LogP contribution in [0.2, 0.25) is 0 Å². The molecule has 2 atom stereocenters. The molecule has 1 aliphatic heterocycles. The van der Waals surface area contributed by atoms with Crippen molar-refractivity contribution in [3.8, 4) is 0 Å². The maximum absolute atomic E-state index is 3.81. The molecular formula is C16H28N2S. The third-order valence-corrected chi connectivity index (χ3v) is 5.19. The molecule has 1 aliphatic rings. The van der Waals surface area contributed by atoms with Crippen molar-refractivity contribution in [1.29, 1.82) is 0 Å². The summed E-state index contributed by atoms with van der Waals surface area (Å²) in [6.07, 6.45) is 3.86. The second kappa shape index (κ2) is 7.41. The van der Waals surface area contributed by atoms with E-state index >= 15 is 0 Å². The monoisotopic (exact) mass is 280 g/mol. The summed E-state index contributed by atoms with van der Waals surface area (Å²) in [5, 5.41) is 8.25. The molecule has 2 unspecified atom stereocenters. The fourth-order valence-corrected chi connectivity index (χ4v) is 3.86. The van der Waals surface area contributed by atoms with E-state index in [9.17, 15) is 0 Å². The number of nitrogens with one attached hydrogen (secondary N) is 1. The van der Waals surface area contributed by atoms with Gasteiger partial charge in [0.15, 0.2) is 0 Å². The van der Waals surface area contributed by atoms with E-state index in [0.717, 1.165) is 12.3 Å². The number of hydrogen-bond acceptors (Lipinski definition) is 3. The van der Waals surface area contributed by atoms with E-state index < -0.39 is 0 Å². The highest BCUT2D eigenvalue weighted by Crippen LogP contribution is 2.21. The van der Waals surface area contributed by atoms with Crippen molar-refractivity contribution in [2.24, 2.45) is 5.92 Å². The average Bonchev–Trinajstić information content (AvgIpc) is 2.91. The van der Waals surface area contributed by atoms with Gasteiger partial charge < -0.3 is 10.2 Å². The predicted molar refractivity (Wildman–Crippen MR) is 84.9 cm³/mol. The van der Waals surface area contributed by atoms with Crippen LogP contribution in [-0.2, 0) is 6.42 Å². The quantitative estimate of drug-likeness (QED) is 0.859. The van der Waals surface area contributed by atoms with Crippen LogP contribution in [0, 0.1) is 5.92 Å². The second-order valence-electron chi connectivity index (χ2n) is 5.96. The first-order valence-corrected chi connectivity index (χ1v) is 8.62. The van der Waals surface area contributed by atoms with E-state index in [4.69, 9.17) is 0 Å². The first kappa shape index (κ1) is 15.0. The van der Waals surface area contributed by atoms with Crippen LogP contribution in [0.15, 0.2) is 16.8 Å². The molecule has 0 amide bonds. The second-order valence-corrected chi connectivity index (χ2v) is 6.74. The molecule has 1 saturated heterocycles. The van der Waals surface area contributed by atoms with Crippen molar-refractivity contribution in [2.45, 2.75) is 52.1 Å². The fourth-order valence-electron chi connectivity index (χ4n) is 3.18. The van der Waals surface area contributed by atoms with Crippen LogP contribution in [0.3, 0.4) is 0 Å². The molecule has 0 spiro atoms. The molecule has 0 bridgehead atoms. The highest BCUT2D eigenvalue weighted by atomic mass is 32.1. The van der Waals surface area contributed by atoms with Gasteiger partial charge in [0.25, 0.3) is 0 Å². The lowest BCUT2D eigenvalue weighted by Gasteiger charge is -2.35. The summed E-state index contributed by atoms with van der Waals surface area (Å²) in [6, 6.07) is 3.47. The average molecular weight is 280 g/mol. The lowest BCUT2D eigenvalue weighted by molar-refractivity contribution is 0.165. The van der Waals surface area contributed by atoms with Crippen LogP contribution in [0.5, 0.6) is 0 Å². The number of hydrogen-bond donors (Lipinski definition) is 1. The van der Waals surface area contributed by atoms with Crippen LogP contribution < -0.4 is 5.32 Å². The molecule has 2 nitrogen and oxygen atoms in total. The van der Waals surface area contributed by atoms with E-state index in [0.29, 0.717) is 12.1 Å². The molecule has 2 rings (SSSR count). The van der Waals surface area contributed by atoms with Gasteiger partial charge in [0, 0.05) is 12.1 Å². The summed E-state index contributed by atoms with van der Waals surface area (Å²) in [4.78, 5) is 2.57. The van der Waals surface area contributed by atoms with Gasteiger partial charge in [-0.3, -0.25) is 0 Å². The van der Waals surface area contributed by atoms with Gasteiger partial charge >= 0.3 is 0 Å². The summed E-state index contributed by atoms with van der Waals surface area (Å²) in [6.45, 7) is 10.7. The fraction of sp³-hybridized carbons (Fsp3) is 0.750. The van der Waals surface area contributed by atoms with Crippen molar-refractivity contribution < 1.29 is 0 Å². The molecule has 19 heavy (non-hydrogen) atoms. The zero-order chi connectivity index (χ0) is 13.7. The molecule has 0 aromatic carbocycles. The summed E-state index contributed by atoms with van der Waals surface area (Å²) in [7, 11) is 0. The predicted octanol–water partition coefficient (Wildman–Crippen LogP) is 3.39. The van der Waals surface area contributed by atoms with Crippen LogP contribution in [0.1, 0.15) is 39.2 Å². The van der Waals surface area contributed by atoms with E-state index in [1.807, 2.05) is 0 Å². The minimum absolute atomic E-state index is 0.578. The molecule has 1 N–H and O–H groups in total. The van der Waals surface area contributed by atoms with Gasteiger partial charge in [-0.25, -0.2) is 0 Å². The first-order valence-electron chi connectivity index (χ1n) is 7.68. The SMILES string of the molecule is CCN1CCC(C(C)NC(C)Cc2ccsc2)CC1. The van der Waals surface area contributed by atoms with Gasteiger partial charge in [-0.2, -0.15) is 11.3 Å². The van der Waals surface area contributed by atoms with E-state index in [1.54, 1.807) is 11.3 Å². The summed E-state index contributed by atoms with van der Waals surface area (Å²) < 4.78 is 0. The Morgan fingerprint density at radius 2 is 2.11 bits per heavy atom. The van der Waals surface area contributed by atoms with E-state index in [2.05, 4.69) is 47.8 Å². The number of thiophene rings is 1. The molecule has 3 heteroatoms. The molecule has 0 aliphatic carbocycles. The van der Waals surface area contributed by atoms with Crippen LogP contribution in [-0.4, -0.2) is 36.6 Å². The van der Waals surface area contributed by atoms with Crippen molar-refractivity contribution in [3.63, 3.8) is 0 Å². The molecule has 0 saturated carbocycles. The number of nitrogens with zero attached hydrogens (tertiary/aromatic N) is 1. The standard InChI is InChI=1S/C16H28N2S/c1-4-18-8-5-16(6-9-18)14(3)17-13(2)11-15-7-10-19-12-15/h7,10,12-14,16-17H,4-6,8-9,11H2,1-3H3. The summed E-state index contributed by atoms with van der Waals surface area (Å²) in [5.41, 5.74) is 1.47. The Labute approximate surface area is 122 Å². The largest absolute Gasteiger partial charge is 0.311 e. The molecule has 0 radical (unpaired) electrons. The topological polar surface area (TPSA) is 15.3 Å². The van der Waals surface area contributed by atoms with Gasteiger partial charge in [0.1, 0.15) is 0 Å². The van der Waals surface area contributed by atoms with Crippen molar-refractivity contribution >= 4 is 11.3 Å². The van der Waals surface area contributed by atoms with Gasteiger partial charge in [-0.15, -0.1) is 0 Å². The van der Waals surface area contributed by atoms with Crippen LogP contribution in [0.4, 0.5) is 0 Å². The minimum Gasteiger partial charge on any atom is -0.311 e. The Hall–Kier alpha value is -0.380. The smallest absolute Gasteiger partial charge is 0.00820 e. The third kappa shape index (κ3) is 4.59. The Balaban J connectivity index is 1.73. The zero-order valence-electron chi connectivity index (χ0n) is 12.6. The number of likely N-dealkylation sites (tertiary alicyclic amines) is 1. The maximum atomic E-state index is 3.81. The van der Waals surface area contributed by atoms with Crippen LogP contribution in [0.25, 0.3) is 0 Å². The minimum atomic E-state index is 0.578. The summed E-state index contributed by atoms with van der Waals surface area (Å²) in [5.74, 6) is 0.854. The Bertz CT molecular complexity index is 342. The molecule has 1 fully saturated rings. The first-order chi connectivity index (χ1) is 9.19. The van der Waals surface area contributed by atoms with Gasteiger partial charge in [0.2, 0.25) is 0 Å². The normalized spacial score (nSPS) is 21.4. The van der Waals surface area contributed by atoms with Crippen molar-refractivity contribution in [2.75, 3.05) is 19.6 Å². The molecule has 108 valence electrons. The van der Waals surface area contributed by atoms with Gasteiger partial charge in [-0.05, 0) is 81.1 Å². The summed E-state index contributed by atoms with van der Waals surface area (Å²) >= 11 is 1.80. The van der Waals surface area contributed by atoms with E-state index in [-0.39, 0.29) is 0 Å². The Kier molecular flexibility index (Phi) is 5.86. The number of piperidine rings is 1. The van der Waals surface area contributed by atoms with E-state index in [1.165, 1.54) is 38.0 Å². The molecule has 1 aromatic heterocycles. The van der Waals surface area contributed by atoms with Gasteiger partial charge in [0.05, 0.1) is 0 Å². The highest BCUT2D eigenvalue weighted by Gasteiger charge is 2.23. The Morgan fingerprint density at radius 1 is 1.37 bits per heavy atom. The number of rotatable bonds is 6. The lowest BCUT2D eigenvalue weighted by atomic mass is 9.89. The van der Waals surface area contributed by atoms with Crippen molar-refractivity contribution in [1.82, 2.24) is 10.2 Å². The van der Waals surface area contributed by atoms with Crippen molar-refractivity contribution in [3.05, 3.63) is 22.4 Å². The maximum Gasteiger partial charge on any atom is 0.00820 e. The molecule has 2 heterocycles. The lowest BCUT2D eigenvalue weighted by Crippen LogP contribution is -2.45. The Morgan fingerprint density at radius 3 is 2.68 bits per heavy atom.